The smallest absolute Gasteiger partial charge is 0.0165 e. The number of allylic oxidation sites excluding steroid dienone is 4. The molecule has 0 radical (unpaired) electrons. The molecule has 0 saturated heterocycles. The molecule has 2 aliphatic rings. The van der Waals surface area contributed by atoms with Crippen LogP contribution in [0.3, 0.4) is 0 Å². The highest BCUT2D eigenvalue weighted by molar-refractivity contribution is 5.14. The van der Waals surface area contributed by atoms with Crippen molar-refractivity contribution in [2.75, 3.05) is 0 Å². The molecular formula is C13H20. The molecule has 1 fully saturated rings. The zero-order chi connectivity index (χ0) is 9.10. The van der Waals surface area contributed by atoms with E-state index in [0.29, 0.717) is 0 Å². The summed E-state index contributed by atoms with van der Waals surface area (Å²) in [6.07, 6.45) is 16.5. The van der Waals surface area contributed by atoms with Crippen LogP contribution in [0.4, 0.5) is 0 Å². The third kappa shape index (κ3) is 2.04. The van der Waals surface area contributed by atoms with Gasteiger partial charge in [-0.2, -0.15) is 0 Å². The molecule has 0 heterocycles. The van der Waals surface area contributed by atoms with Gasteiger partial charge >= 0.3 is 0 Å². The van der Waals surface area contributed by atoms with Gasteiger partial charge in [-0.05, 0) is 37.0 Å². The average Bonchev–Trinajstić information content (AvgIpc) is 2.73. The SMILES string of the molecule is CCCC/C=C/C1CC2C=CC1C2. The largest absolute Gasteiger partial charge is 0.0882 e. The lowest BCUT2D eigenvalue weighted by Gasteiger charge is -2.12. The van der Waals surface area contributed by atoms with Crippen LogP contribution in [0.1, 0.15) is 39.0 Å². The van der Waals surface area contributed by atoms with E-state index in [1.54, 1.807) is 0 Å². The quantitative estimate of drug-likeness (QED) is 0.449. The lowest BCUT2D eigenvalue weighted by atomic mass is 9.93. The first kappa shape index (κ1) is 9.05. The first-order valence-corrected chi connectivity index (χ1v) is 5.75. The molecule has 13 heavy (non-hydrogen) atoms. The maximum atomic E-state index is 2.48. The minimum Gasteiger partial charge on any atom is -0.0882 e. The van der Waals surface area contributed by atoms with Gasteiger partial charge < -0.3 is 0 Å². The normalized spacial score (nSPS) is 36.5. The highest BCUT2D eigenvalue weighted by atomic mass is 14.4. The predicted octanol–water partition coefficient (Wildman–Crippen LogP) is 3.95. The molecular weight excluding hydrogens is 156 g/mol. The van der Waals surface area contributed by atoms with Gasteiger partial charge in [0.25, 0.3) is 0 Å². The van der Waals surface area contributed by atoms with E-state index in [1.807, 2.05) is 0 Å². The molecule has 0 aromatic carbocycles. The van der Waals surface area contributed by atoms with E-state index in [0.717, 1.165) is 17.8 Å². The molecule has 0 spiro atoms. The summed E-state index contributed by atoms with van der Waals surface area (Å²) in [5, 5.41) is 0. The van der Waals surface area contributed by atoms with Gasteiger partial charge in [-0.15, -0.1) is 0 Å². The van der Waals surface area contributed by atoms with Gasteiger partial charge in [0.1, 0.15) is 0 Å². The summed E-state index contributed by atoms with van der Waals surface area (Å²) in [4.78, 5) is 0. The summed E-state index contributed by atoms with van der Waals surface area (Å²) in [6.45, 7) is 2.26. The second kappa shape index (κ2) is 4.13. The van der Waals surface area contributed by atoms with Crippen molar-refractivity contribution in [1.29, 1.82) is 0 Å². The molecule has 0 nitrogen and oxygen atoms in total. The van der Waals surface area contributed by atoms with Crippen LogP contribution in [0, 0.1) is 17.8 Å². The minimum atomic E-state index is 0.881. The fourth-order valence-corrected chi connectivity index (χ4v) is 2.64. The van der Waals surface area contributed by atoms with Crippen LogP contribution < -0.4 is 0 Å². The van der Waals surface area contributed by atoms with Crippen molar-refractivity contribution >= 4 is 0 Å². The van der Waals surface area contributed by atoms with Gasteiger partial charge in [-0.25, -0.2) is 0 Å². The Morgan fingerprint density at radius 3 is 2.85 bits per heavy atom. The third-order valence-electron chi connectivity index (χ3n) is 3.44. The van der Waals surface area contributed by atoms with Gasteiger partial charge in [0.05, 0.1) is 0 Å². The highest BCUT2D eigenvalue weighted by Gasteiger charge is 2.33. The van der Waals surface area contributed by atoms with E-state index in [2.05, 4.69) is 31.2 Å². The van der Waals surface area contributed by atoms with Gasteiger partial charge in [0.2, 0.25) is 0 Å². The zero-order valence-corrected chi connectivity index (χ0v) is 8.58. The molecule has 0 amide bonds. The number of hydrogen-bond donors (Lipinski definition) is 0. The molecule has 0 heteroatoms. The Morgan fingerprint density at radius 2 is 2.23 bits per heavy atom. The van der Waals surface area contributed by atoms with Crippen LogP contribution in [0.15, 0.2) is 24.3 Å². The van der Waals surface area contributed by atoms with Crippen LogP contribution in [0.25, 0.3) is 0 Å². The van der Waals surface area contributed by atoms with Gasteiger partial charge in [0.15, 0.2) is 0 Å². The minimum absolute atomic E-state index is 0.881. The monoisotopic (exact) mass is 176 g/mol. The van der Waals surface area contributed by atoms with Crippen molar-refractivity contribution < 1.29 is 0 Å². The zero-order valence-electron chi connectivity index (χ0n) is 8.58. The van der Waals surface area contributed by atoms with Crippen molar-refractivity contribution in [2.45, 2.75) is 39.0 Å². The van der Waals surface area contributed by atoms with Crippen molar-refractivity contribution in [3.63, 3.8) is 0 Å². The van der Waals surface area contributed by atoms with Crippen LogP contribution in [0.5, 0.6) is 0 Å². The molecule has 0 aliphatic heterocycles. The lowest BCUT2D eigenvalue weighted by molar-refractivity contribution is 0.548. The van der Waals surface area contributed by atoms with Gasteiger partial charge in [-0.1, -0.05) is 44.1 Å². The van der Waals surface area contributed by atoms with Crippen molar-refractivity contribution in [3.05, 3.63) is 24.3 Å². The number of rotatable bonds is 4. The fraction of sp³-hybridized carbons (Fsp3) is 0.692. The Labute approximate surface area is 81.7 Å². The Bertz CT molecular complexity index is 212. The van der Waals surface area contributed by atoms with Crippen LogP contribution in [-0.4, -0.2) is 0 Å². The average molecular weight is 176 g/mol. The summed E-state index contributed by atoms with van der Waals surface area (Å²) < 4.78 is 0. The maximum absolute atomic E-state index is 2.48. The van der Waals surface area contributed by atoms with Crippen molar-refractivity contribution in [2.24, 2.45) is 17.8 Å². The number of unbranched alkanes of at least 4 members (excludes halogenated alkanes) is 2. The number of hydrogen-bond acceptors (Lipinski definition) is 0. The Balaban J connectivity index is 1.77. The van der Waals surface area contributed by atoms with E-state index in [-0.39, 0.29) is 0 Å². The molecule has 72 valence electrons. The summed E-state index contributed by atoms with van der Waals surface area (Å²) in [5.41, 5.74) is 0. The topological polar surface area (TPSA) is 0 Å². The van der Waals surface area contributed by atoms with E-state index in [9.17, 15) is 0 Å². The predicted molar refractivity (Wildman–Crippen MR) is 57.5 cm³/mol. The van der Waals surface area contributed by atoms with Crippen molar-refractivity contribution in [3.8, 4) is 0 Å². The molecule has 2 bridgehead atoms. The lowest BCUT2D eigenvalue weighted by Crippen LogP contribution is -2.02. The Kier molecular flexibility index (Phi) is 2.87. The van der Waals surface area contributed by atoms with E-state index in [4.69, 9.17) is 0 Å². The standard InChI is InChI=1S/C13H20/c1-2-3-4-5-6-12-9-11-7-8-13(12)10-11/h5-8,11-13H,2-4,9-10H2,1H3/b6-5+. The first-order chi connectivity index (χ1) is 6.40. The van der Waals surface area contributed by atoms with E-state index < -0.39 is 0 Å². The molecule has 1 saturated carbocycles. The van der Waals surface area contributed by atoms with Crippen LogP contribution >= 0.6 is 0 Å². The molecule has 3 unspecified atom stereocenters. The summed E-state index contributed by atoms with van der Waals surface area (Å²) in [5.74, 6) is 2.69. The Hall–Kier alpha value is -0.520. The second-order valence-electron chi connectivity index (χ2n) is 4.51. The molecule has 0 N–H and O–H groups in total. The maximum Gasteiger partial charge on any atom is -0.0165 e. The van der Waals surface area contributed by atoms with Gasteiger partial charge in [0, 0.05) is 0 Å². The van der Waals surface area contributed by atoms with E-state index in [1.165, 1.54) is 32.1 Å². The van der Waals surface area contributed by atoms with Crippen molar-refractivity contribution in [1.82, 2.24) is 0 Å². The highest BCUT2D eigenvalue weighted by Crippen LogP contribution is 2.43. The van der Waals surface area contributed by atoms with Gasteiger partial charge in [-0.3, -0.25) is 0 Å². The molecule has 2 rings (SSSR count). The molecule has 2 aliphatic carbocycles. The Morgan fingerprint density at radius 1 is 1.31 bits per heavy atom. The first-order valence-electron chi connectivity index (χ1n) is 5.75. The second-order valence-corrected chi connectivity index (χ2v) is 4.51. The molecule has 3 atom stereocenters. The summed E-state index contributed by atoms with van der Waals surface area (Å²) in [7, 11) is 0. The third-order valence-corrected chi connectivity index (χ3v) is 3.44. The van der Waals surface area contributed by atoms with Crippen LogP contribution in [-0.2, 0) is 0 Å². The molecule has 0 aromatic heterocycles. The summed E-state index contributed by atoms with van der Waals surface area (Å²) in [6, 6.07) is 0. The molecule has 0 aromatic rings. The van der Waals surface area contributed by atoms with Crippen LogP contribution in [0.2, 0.25) is 0 Å². The number of fused-ring (bicyclic) bond motifs is 2. The van der Waals surface area contributed by atoms with E-state index >= 15 is 0 Å². The summed E-state index contributed by atoms with van der Waals surface area (Å²) >= 11 is 0. The fourth-order valence-electron chi connectivity index (χ4n) is 2.64.